The first-order valence-corrected chi connectivity index (χ1v) is 11.2. The van der Waals surface area contributed by atoms with E-state index in [2.05, 4.69) is 15.3 Å². The molecular formula is C23H16N4O2S2. The number of amides is 1. The molecule has 0 atom stereocenters. The number of nitrogens with one attached hydrogen (secondary N) is 1. The molecule has 0 aliphatic heterocycles. The van der Waals surface area contributed by atoms with Crippen LogP contribution in [0.4, 0.5) is 5.13 Å². The fourth-order valence-corrected chi connectivity index (χ4v) is 4.99. The summed E-state index contributed by atoms with van der Waals surface area (Å²) in [5.41, 5.74) is 1.77. The van der Waals surface area contributed by atoms with Crippen molar-refractivity contribution in [2.45, 2.75) is 6.42 Å². The fourth-order valence-electron chi connectivity index (χ4n) is 3.20. The number of benzene rings is 2. The molecule has 152 valence electrons. The standard InChI is InChI=1S/C23H16N4O2S2/c28-20(26-22-24-13-19(31-22)16-9-5-2-6-10-16)18-12-25-23-27(21(18)29)14-17(30-23)11-15-7-3-1-4-8-15/h1-10,12-14H,11H2,(H,24,26,28). The maximum atomic E-state index is 12.9. The highest BCUT2D eigenvalue weighted by atomic mass is 32.1. The highest BCUT2D eigenvalue weighted by Crippen LogP contribution is 2.28. The molecule has 5 aromatic rings. The minimum atomic E-state index is -0.517. The van der Waals surface area contributed by atoms with E-state index >= 15 is 0 Å². The topological polar surface area (TPSA) is 76.4 Å². The van der Waals surface area contributed by atoms with E-state index in [1.54, 1.807) is 12.4 Å². The van der Waals surface area contributed by atoms with E-state index in [4.69, 9.17) is 0 Å². The smallest absolute Gasteiger partial charge is 0.271 e. The fraction of sp³-hybridized carbons (Fsp3) is 0.0435. The van der Waals surface area contributed by atoms with Crippen molar-refractivity contribution in [2.24, 2.45) is 0 Å². The second-order valence-corrected chi connectivity index (χ2v) is 8.96. The lowest BCUT2D eigenvalue weighted by Crippen LogP contribution is -2.25. The maximum Gasteiger partial charge on any atom is 0.271 e. The van der Waals surface area contributed by atoms with E-state index in [1.807, 2.05) is 60.7 Å². The SMILES string of the molecule is O=C(Nc1ncc(-c2ccccc2)s1)c1cnc2sc(Cc3ccccc3)cn2c1=O. The zero-order valence-electron chi connectivity index (χ0n) is 16.2. The van der Waals surface area contributed by atoms with E-state index in [1.165, 1.54) is 33.3 Å². The van der Waals surface area contributed by atoms with Gasteiger partial charge in [0.25, 0.3) is 11.5 Å². The van der Waals surface area contributed by atoms with Crippen molar-refractivity contribution in [1.29, 1.82) is 0 Å². The van der Waals surface area contributed by atoms with E-state index in [-0.39, 0.29) is 5.56 Å². The number of carbonyl (C=O) groups excluding carboxylic acids is 1. The lowest BCUT2D eigenvalue weighted by molar-refractivity contribution is 0.102. The van der Waals surface area contributed by atoms with E-state index in [9.17, 15) is 9.59 Å². The van der Waals surface area contributed by atoms with Crippen molar-refractivity contribution in [1.82, 2.24) is 14.4 Å². The predicted octanol–water partition coefficient (Wildman–Crippen LogP) is 4.72. The molecule has 0 spiro atoms. The molecule has 0 unspecified atom stereocenters. The van der Waals surface area contributed by atoms with Crippen LogP contribution >= 0.6 is 22.7 Å². The van der Waals surface area contributed by atoms with Crippen LogP contribution in [0.1, 0.15) is 20.8 Å². The molecule has 1 N–H and O–H groups in total. The molecule has 0 saturated carbocycles. The number of carbonyl (C=O) groups is 1. The van der Waals surface area contributed by atoms with Gasteiger partial charge in [-0.25, -0.2) is 9.97 Å². The highest BCUT2D eigenvalue weighted by molar-refractivity contribution is 7.19. The molecule has 31 heavy (non-hydrogen) atoms. The summed E-state index contributed by atoms with van der Waals surface area (Å²) in [4.78, 5) is 36.7. The molecular weight excluding hydrogens is 428 g/mol. The Kier molecular flexibility index (Phi) is 5.15. The lowest BCUT2D eigenvalue weighted by Gasteiger charge is -2.01. The third-order valence-corrected chi connectivity index (χ3v) is 6.66. The largest absolute Gasteiger partial charge is 0.298 e. The Morgan fingerprint density at radius 3 is 2.45 bits per heavy atom. The number of fused-ring (bicyclic) bond motifs is 1. The number of anilines is 1. The Labute approximate surface area is 185 Å². The monoisotopic (exact) mass is 444 g/mol. The van der Waals surface area contributed by atoms with Crippen LogP contribution in [0.3, 0.4) is 0 Å². The number of hydrogen-bond acceptors (Lipinski definition) is 6. The number of rotatable bonds is 5. The van der Waals surface area contributed by atoms with Gasteiger partial charge in [-0.3, -0.25) is 19.3 Å². The minimum Gasteiger partial charge on any atom is -0.298 e. The average Bonchev–Trinajstić information content (AvgIpc) is 3.42. The highest BCUT2D eigenvalue weighted by Gasteiger charge is 2.17. The van der Waals surface area contributed by atoms with Gasteiger partial charge in [-0.2, -0.15) is 0 Å². The Bertz CT molecular complexity index is 1420. The quantitative estimate of drug-likeness (QED) is 0.425. The minimum absolute atomic E-state index is 0.0157. The first kappa shape index (κ1) is 19.3. The first-order chi connectivity index (χ1) is 15.2. The first-order valence-electron chi connectivity index (χ1n) is 9.54. The molecule has 8 heteroatoms. The van der Waals surface area contributed by atoms with E-state index in [0.717, 1.165) is 20.9 Å². The molecule has 5 rings (SSSR count). The van der Waals surface area contributed by atoms with Gasteiger partial charge < -0.3 is 0 Å². The molecule has 0 saturated heterocycles. The zero-order valence-corrected chi connectivity index (χ0v) is 17.8. The third kappa shape index (κ3) is 4.03. The van der Waals surface area contributed by atoms with Gasteiger partial charge in [-0.1, -0.05) is 72.0 Å². The van der Waals surface area contributed by atoms with Gasteiger partial charge in [0, 0.05) is 29.9 Å². The maximum absolute atomic E-state index is 12.9. The summed E-state index contributed by atoms with van der Waals surface area (Å²) >= 11 is 2.80. The molecule has 3 aromatic heterocycles. The van der Waals surface area contributed by atoms with Crippen LogP contribution in [0.25, 0.3) is 15.4 Å². The Morgan fingerprint density at radius 2 is 1.68 bits per heavy atom. The summed E-state index contributed by atoms with van der Waals surface area (Å²) in [6.07, 6.45) is 5.51. The number of hydrogen-bond donors (Lipinski definition) is 1. The summed E-state index contributed by atoms with van der Waals surface area (Å²) in [6, 6.07) is 19.8. The van der Waals surface area contributed by atoms with Gasteiger partial charge in [0.05, 0.1) is 4.88 Å². The van der Waals surface area contributed by atoms with E-state index < -0.39 is 11.5 Å². The van der Waals surface area contributed by atoms with Crippen LogP contribution in [0.5, 0.6) is 0 Å². The van der Waals surface area contributed by atoms with Crippen molar-refractivity contribution in [3.05, 3.63) is 106 Å². The van der Waals surface area contributed by atoms with Gasteiger partial charge in [0.15, 0.2) is 10.1 Å². The van der Waals surface area contributed by atoms with Crippen LogP contribution in [0.15, 0.2) is 84.0 Å². The molecule has 1 amide bonds. The second kappa shape index (κ2) is 8.25. The Hall–Kier alpha value is -3.62. The lowest BCUT2D eigenvalue weighted by atomic mass is 10.1. The number of thiazole rings is 2. The van der Waals surface area contributed by atoms with Crippen molar-refractivity contribution < 1.29 is 4.79 Å². The number of nitrogens with zero attached hydrogens (tertiary/aromatic N) is 3. The van der Waals surface area contributed by atoms with Crippen molar-refractivity contribution in [2.75, 3.05) is 5.32 Å². The van der Waals surface area contributed by atoms with Crippen LogP contribution < -0.4 is 10.9 Å². The van der Waals surface area contributed by atoms with Crippen molar-refractivity contribution in [3.8, 4) is 10.4 Å². The molecule has 0 aliphatic carbocycles. The molecule has 0 fully saturated rings. The second-order valence-electron chi connectivity index (χ2n) is 6.84. The Morgan fingerprint density at radius 1 is 0.935 bits per heavy atom. The predicted molar refractivity (Wildman–Crippen MR) is 124 cm³/mol. The molecule has 6 nitrogen and oxygen atoms in total. The molecule has 0 aliphatic rings. The van der Waals surface area contributed by atoms with Gasteiger partial charge in [0.2, 0.25) is 0 Å². The summed E-state index contributed by atoms with van der Waals surface area (Å²) in [5.74, 6) is -0.517. The number of aromatic nitrogens is 3. The summed E-state index contributed by atoms with van der Waals surface area (Å²) in [6.45, 7) is 0. The van der Waals surface area contributed by atoms with E-state index in [0.29, 0.717) is 16.5 Å². The van der Waals surface area contributed by atoms with Gasteiger partial charge in [-0.05, 0) is 11.1 Å². The normalized spacial score (nSPS) is 11.0. The van der Waals surface area contributed by atoms with Crippen LogP contribution in [0, 0.1) is 0 Å². The van der Waals surface area contributed by atoms with Crippen molar-refractivity contribution in [3.63, 3.8) is 0 Å². The van der Waals surface area contributed by atoms with Gasteiger partial charge >= 0.3 is 0 Å². The molecule has 3 heterocycles. The van der Waals surface area contributed by atoms with Crippen LogP contribution in [0.2, 0.25) is 0 Å². The van der Waals surface area contributed by atoms with Gasteiger partial charge in [-0.15, -0.1) is 11.3 Å². The van der Waals surface area contributed by atoms with Gasteiger partial charge in [0.1, 0.15) is 5.56 Å². The van der Waals surface area contributed by atoms with Crippen LogP contribution in [-0.2, 0) is 6.42 Å². The third-order valence-electron chi connectivity index (χ3n) is 4.71. The Balaban J connectivity index is 1.38. The zero-order chi connectivity index (χ0) is 21.2. The van der Waals surface area contributed by atoms with Crippen LogP contribution in [-0.4, -0.2) is 20.3 Å². The average molecular weight is 445 g/mol. The summed E-state index contributed by atoms with van der Waals surface area (Å²) < 4.78 is 1.44. The summed E-state index contributed by atoms with van der Waals surface area (Å²) in [5, 5.41) is 3.15. The molecule has 2 aromatic carbocycles. The molecule has 0 radical (unpaired) electrons. The summed E-state index contributed by atoms with van der Waals surface area (Å²) in [7, 11) is 0. The van der Waals surface area contributed by atoms with Crippen molar-refractivity contribution >= 4 is 38.7 Å². The molecule has 0 bridgehead atoms.